The van der Waals surface area contributed by atoms with Crippen LogP contribution in [0, 0.1) is 5.92 Å². The molecular weight excluding hydrogens is 370 g/mol. The van der Waals surface area contributed by atoms with Gasteiger partial charge in [0.05, 0.1) is 18.7 Å². The fourth-order valence-corrected chi connectivity index (χ4v) is 3.45. The number of nitrogens with one attached hydrogen (secondary N) is 1. The molecule has 1 N–H and O–H groups in total. The van der Waals surface area contributed by atoms with Crippen molar-refractivity contribution in [3.8, 4) is 5.82 Å². The molecule has 27 heavy (non-hydrogen) atoms. The molecule has 1 aliphatic heterocycles. The van der Waals surface area contributed by atoms with Crippen LogP contribution in [0.4, 0.5) is 11.5 Å². The molecule has 0 unspecified atom stereocenters. The minimum Gasteiger partial charge on any atom is -0.465 e. The van der Waals surface area contributed by atoms with Gasteiger partial charge >= 0.3 is 5.97 Å². The van der Waals surface area contributed by atoms with E-state index in [0.717, 1.165) is 0 Å². The first kappa shape index (κ1) is 17.1. The number of esters is 1. The fourth-order valence-electron chi connectivity index (χ4n) is 2.69. The Hall–Kier alpha value is -3.34. The number of rotatable bonds is 5. The van der Waals surface area contributed by atoms with Gasteiger partial charge in [0, 0.05) is 19.2 Å². The third kappa shape index (κ3) is 3.36. The number of nitrogens with zero attached hydrogens (tertiary/aromatic N) is 6. The summed E-state index contributed by atoms with van der Waals surface area (Å²) < 4.78 is 6.26. The summed E-state index contributed by atoms with van der Waals surface area (Å²) >= 11 is 1.23. The molecular formula is C16H15N7O3S. The average molecular weight is 385 g/mol. The van der Waals surface area contributed by atoms with Crippen molar-refractivity contribution in [2.75, 3.05) is 30.4 Å². The molecule has 4 rings (SSSR count). The number of hydrogen-bond donors (Lipinski definition) is 1. The van der Waals surface area contributed by atoms with Gasteiger partial charge in [0.2, 0.25) is 5.91 Å². The highest BCUT2D eigenvalue weighted by molar-refractivity contribution is 7.12. The molecule has 1 amide bonds. The summed E-state index contributed by atoms with van der Waals surface area (Å²) in [4.78, 5) is 38.8. The van der Waals surface area contributed by atoms with E-state index in [4.69, 9.17) is 4.74 Å². The van der Waals surface area contributed by atoms with E-state index in [-0.39, 0.29) is 11.8 Å². The molecule has 11 heteroatoms. The fraction of sp³-hybridized carbons (Fsp3) is 0.250. The lowest BCUT2D eigenvalue weighted by molar-refractivity contribution is -0.120. The normalized spacial score (nSPS) is 13.9. The zero-order valence-corrected chi connectivity index (χ0v) is 15.1. The molecule has 1 saturated heterocycles. The molecule has 10 nitrogen and oxygen atoms in total. The summed E-state index contributed by atoms with van der Waals surface area (Å²) in [7, 11) is 1.31. The highest BCUT2D eigenvalue weighted by Crippen LogP contribution is 2.27. The Bertz CT molecular complexity index is 966. The zero-order chi connectivity index (χ0) is 18.8. The summed E-state index contributed by atoms with van der Waals surface area (Å²) in [6.45, 7) is 1.05. The summed E-state index contributed by atoms with van der Waals surface area (Å²) in [5.74, 6) is 0.523. The van der Waals surface area contributed by atoms with Gasteiger partial charge in [-0.25, -0.2) is 24.4 Å². The predicted molar refractivity (Wildman–Crippen MR) is 96.9 cm³/mol. The van der Waals surface area contributed by atoms with Gasteiger partial charge < -0.3 is 15.0 Å². The summed E-state index contributed by atoms with van der Waals surface area (Å²) in [6, 6.07) is 3.48. The Kier molecular flexibility index (Phi) is 4.50. The monoisotopic (exact) mass is 385 g/mol. The molecule has 4 heterocycles. The number of hydrogen-bond acceptors (Lipinski definition) is 9. The number of carbonyl (C=O) groups is 2. The molecule has 0 atom stereocenters. The Morgan fingerprint density at radius 1 is 1.26 bits per heavy atom. The summed E-state index contributed by atoms with van der Waals surface area (Å²) in [5, 5.41) is 8.58. The maximum Gasteiger partial charge on any atom is 0.350 e. The largest absolute Gasteiger partial charge is 0.465 e. The first-order valence-corrected chi connectivity index (χ1v) is 8.92. The number of thiophene rings is 1. The van der Waals surface area contributed by atoms with Gasteiger partial charge in [-0.2, -0.15) is 5.10 Å². The Morgan fingerprint density at radius 3 is 2.81 bits per heavy atom. The number of aromatic nitrogens is 5. The van der Waals surface area contributed by atoms with Crippen LogP contribution in [0.3, 0.4) is 0 Å². The molecule has 3 aromatic heterocycles. The van der Waals surface area contributed by atoms with Crippen LogP contribution in [0.5, 0.6) is 0 Å². The van der Waals surface area contributed by atoms with Gasteiger partial charge in [-0.1, -0.05) is 0 Å². The van der Waals surface area contributed by atoms with Gasteiger partial charge in [-0.15, -0.1) is 11.3 Å². The molecule has 0 radical (unpaired) electrons. The van der Waals surface area contributed by atoms with Crippen molar-refractivity contribution in [2.24, 2.45) is 5.92 Å². The van der Waals surface area contributed by atoms with E-state index in [0.29, 0.717) is 35.3 Å². The molecule has 0 saturated carbocycles. The molecule has 0 spiro atoms. The lowest BCUT2D eigenvalue weighted by Gasteiger charge is -2.39. The Labute approximate surface area is 157 Å². The van der Waals surface area contributed by atoms with Gasteiger partial charge in [0.15, 0.2) is 5.82 Å². The highest BCUT2D eigenvalue weighted by atomic mass is 32.1. The van der Waals surface area contributed by atoms with Crippen LogP contribution >= 0.6 is 11.3 Å². The second-order valence-electron chi connectivity index (χ2n) is 5.82. The SMILES string of the molecule is COC(=O)c1sccc1NC(=O)C1CN(c2cc(-n3cncn3)ncn2)C1. The first-order chi connectivity index (χ1) is 13.2. The standard InChI is InChI=1S/C16H15N7O3S/c1-26-16(25)14-11(2-3-27-14)21-15(24)10-5-22(6-10)12-4-13(19-8-18-12)23-9-17-7-20-23/h2-4,7-10H,5-6H2,1H3,(H,21,24). The van der Waals surface area contributed by atoms with Gasteiger partial charge in [0.25, 0.3) is 0 Å². The van der Waals surface area contributed by atoms with Crippen molar-refractivity contribution in [1.29, 1.82) is 0 Å². The van der Waals surface area contributed by atoms with Crippen LogP contribution in [0.25, 0.3) is 5.82 Å². The van der Waals surface area contributed by atoms with Crippen molar-refractivity contribution < 1.29 is 14.3 Å². The van der Waals surface area contributed by atoms with Crippen molar-refractivity contribution in [2.45, 2.75) is 0 Å². The molecule has 3 aromatic rings. The lowest BCUT2D eigenvalue weighted by Crippen LogP contribution is -2.52. The average Bonchev–Trinajstić information content (AvgIpc) is 3.32. The van der Waals surface area contributed by atoms with Crippen LogP contribution in [0.15, 0.2) is 36.5 Å². The minimum atomic E-state index is -0.461. The molecule has 0 aliphatic carbocycles. The molecule has 0 bridgehead atoms. The van der Waals surface area contributed by atoms with Crippen molar-refractivity contribution in [3.05, 3.63) is 41.4 Å². The second kappa shape index (κ2) is 7.11. The Balaban J connectivity index is 1.38. The van der Waals surface area contributed by atoms with Crippen molar-refractivity contribution in [3.63, 3.8) is 0 Å². The summed E-state index contributed by atoms with van der Waals surface area (Å²) in [5.41, 5.74) is 0.478. The third-order valence-corrected chi connectivity index (χ3v) is 5.06. The van der Waals surface area contributed by atoms with Crippen LogP contribution in [0.1, 0.15) is 9.67 Å². The van der Waals surface area contributed by atoms with Crippen molar-refractivity contribution in [1.82, 2.24) is 24.7 Å². The van der Waals surface area contributed by atoms with E-state index < -0.39 is 5.97 Å². The predicted octanol–water partition coefficient (Wildman–Crippen LogP) is 0.980. The highest BCUT2D eigenvalue weighted by Gasteiger charge is 2.34. The quantitative estimate of drug-likeness (QED) is 0.646. The smallest absolute Gasteiger partial charge is 0.350 e. The zero-order valence-electron chi connectivity index (χ0n) is 14.3. The Morgan fingerprint density at radius 2 is 2.07 bits per heavy atom. The second-order valence-corrected chi connectivity index (χ2v) is 6.74. The van der Waals surface area contributed by atoms with Crippen molar-refractivity contribution >= 4 is 34.7 Å². The number of methoxy groups -OCH3 is 1. The van der Waals surface area contributed by atoms with E-state index >= 15 is 0 Å². The molecule has 0 aromatic carbocycles. The minimum absolute atomic E-state index is 0.139. The van der Waals surface area contributed by atoms with Gasteiger partial charge in [-0.3, -0.25) is 4.79 Å². The van der Waals surface area contributed by atoms with E-state index in [1.807, 2.05) is 4.90 Å². The van der Waals surface area contributed by atoms with Crippen LogP contribution in [0.2, 0.25) is 0 Å². The molecule has 138 valence electrons. The number of ether oxygens (including phenoxy) is 1. The first-order valence-electron chi connectivity index (χ1n) is 8.04. The molecule has 1 aliphatic rings. The van der Waals surface area contributed by atoms with Crippen LogP contribution in [-0.2, 0) is 9.53 Å². The van der Waals surface area contributed by atoms with E-state index in [1.165, 1.54) is 31.1 Å². The van der Waals surface area contributed by atoms with Gasteiger partial charge in [-0.05, 0) is 11.4 Å². The summed E-state index contributed by atoms with van der Waals surface area (Å²) in [6.07, 6.45) is 4.44. The maximum atomic E-state index is 12.4. The number of anilines is 2. The number of amides is 1. The van der Waals surface area contributed by atoms with E-state index in [9.17, 15) is 9.59 Å². The number of carbonyl (C=O) groups excluding carboxylic acids is 2. The van der Waals surface area contributed by atoms with Crippen LogP contribution in [-0.4, -0.2) is 56.8 Å². The van der Waals surface area contributed by atoms with E-state index in [1.54, 1.807) is 28.5 Å². The lowest BCUT2D eigenvalue weighted by atomic mass is 9.99. The van der Waals surface area contributed by atoms with Gasteiger partial charge in [0.1, 0.15) is 29.7 Å². The molecule has 1 fully saturated rings. The van der Waals surface area contributed by atoms with Crippen LogP contribution < -0.4 is 10.2 Å². The van der Waals surface area contributed by atoms with E-state index in [2.05, 4.69) is 25.4 Å². The third-order valence-electron chi connectivity index (χ3n) is 4.16. The topological polar surface area (TPSA) is 115 Å². The maximum absolute atomic E-state index is 12.4.